The Kier molecular flexibility index (Phi) is 3.48. The molecule has 18 heavy (non-hydrogen) atoms. The number of pyridine rings is 1. The normalized spacial score (nSPS) is 18.9. The topological polar surface area (TPSA) is 82.0 Å². The van der Waals surface area contributed by atoms with Gasteiger partial charge in [-0.3, -0.25) is 9.78 Å². The van der Waals surface area contributed by atoms with Gasteiger partial charge < -0.3 is 4.90 Å². The van der Waals surface area contributed by atoms with Crippen molar-refractivity contribution in [1.82, 2.24) is 4.98 Å². The number of nitrogens with zero attached hydrogens (tertiary/aromatic N) is 5. The van der Waals surface area contributed by atoms with Crippen LogP contribution in [0.15, 0.2) is 17.2 Å². The highest BCUT2D eigenvalue weighted by Gasteiger charge is 2.30. The van der Waals surface area contributed by atoms with E-state index in [1.165, 1.54) is 0 Å². The van der Waals surface area contributed by atoms with Crippen LogP contribution in [0, 0.1) is 19.8 Å². The summed E-state index contributed by atoms with van der Waals surface area (Å²) in [5, 5.41) is 3.54. The Balaban J connectivity index is 2.18. The van der Waals surface area contributed by atoms with Gasteiger partial charge in [0, 0.05) is 30.1 Å². The van der Waals surface area contributed by atoms with E-state index < -0.39 is 0 Å². The molecule has 1 unspecified atom stereocenters. The number of aryl methyl sites for hydroxylation is 2. The van der Waals surface area contributed by atoms with Gasteiger partial charge in [-0.15, -0.1) is 0 Å². The highest BCUT2D eigenvalue weighted by atomic mass is 16.2. The van der Waals surface area contributed by atoms with E-state index in [9.17, 15) is 4.79 Å². The smallest absolute Gasteiger partial charge is 0.227 e. The maximum atomic E-state index is 11.9. The first-order valence-electron chi connectivity index (χ1n) is 5.87. The third-order valence-corrected chi connectivity index (χ3v) is 3.10. The lowest BCUT2D eigenvalue weighted by Crippen LogP contribution is -2.25. The third-order valence-electron chi connectivity index (χ3n) is 3.10. The molecule has 1 saturated heterocycles. The van der Waals surface area contributed by atoms with Crippen LogP contribution in [0.4, 0.5) is 5.69 Å². The molecule has 2 heterocycles. The molecule has 0 aliphatic carbocycles. The Bertz CT molecular complexity index is 521. The quantitative estimate of drug-likeness (QED) is 0.465. The molecule has 0 aromatic carbocycles. The predicted octanol–water partition coefficient (Wildman–Crippen LogP) is 2.36. The van der Waals surface area contributed by atoms with E-state index in [0.717, 1.165) is 17.1 Å². The van der Waals surface area contributed by atoms with Gasteiger partial charge >= 0.3 is 0 Å². The van der Waals surface area contributed by atoms with Crippen LogP contribution in [0.25, 0.3) is 10.4 Å². The summed E-state index contributed by atoms with van der Waals surface area (Å²) < 4.78 is 0. The fourth-order valence-electron chi connectivity index (χ4n) is 2.25. The number of carbonyl (C=O) groups is 1. The predicted molar refractivity (Wildman–Crippen MR) is 68.2 cm³/mol. The van der Waals surface area contributed by atoms with E-state index in [2.05, 4.69) is 15.0 Å². The van der Waals surface area contributed by atoms with E-state index in [4.69, 9.17) is 5.53 Å². The molecular weight excluding hydrogens is 230 g/mol. The maximum Gasteiger partial charge on any atom is 0.227 e. The van der Waals surface area contributed by atoms with Gasteiger partial charge in [-0.25, -0.2) is 0 Å². The molecule has 1 atom stereocenters. The van der Waals surface area contributed by atoms with Crippen molar-refractivity contribution in [2.24, 2.45) is 11.0 Å². The number of rotatable bonds is 3. The van der Waals surface area contributed by atoms with Crippen molar-refractivity contribution in [3.63, 3.8) is 0 Å². The van der Waals surface area contributed by atoms with E-state index in [1.54, 1.807) is 4.90 Å². The van der Waals surface area contributed by atoms with Gasteiger partial charge in [-0.05, 0) is 37.4 Å². The Morgan fingerprint density at radius 3 is 3.00 bits per heavy atom. The van der Waals surface area contributed by atoms with Crippen molar-refractivity contribution in [3.05, 3.63) is 34.0 Å². The summed E-state index contributed by atoms with van der Waals surface area (Å²) in [4.78, 5) is 20.8. The lowest BCUT2D eigenvalue weighted by atomic mass is 10.1. The second kappa shape index (κ2) is 5.06. The Morgan fingerprint density at radius 1 is 1.56 bits per heavy atom. The van der Waals surface area contributed by atoms with Crippen molar-refractivity contribution >= 4 is 11.6 Å². The number of amides is 1. The minimum absolute atomic E-state index is 0.0712. The molecule has 1 amide bonds. The molecule has 1 aliphatic heterocycles. The molecule has 0 bridgehead atoms. The molecular formula is C12H15N5O. The van der Waals surface area contributed by atoms with Crippen molar-refractivity contribution in [3.8, 4) is 0 Å². The van der Waals surface area contributed by atoms with Crippen molar-refractivity contribution < 1.29 is 4.79 Å². The molecule has 6 nitrogen and oxygen atoms in total. The number of hydrogen-bond donors (Lipinski definition) is 0. The lowest BCUT2D eigenvalue weighted by molar-refractivity contribution is -0.117. The highest BCUT2D eigenvalue weighted by Crippen LogP contribution is 2.27. The standard InChI is InChI=1S/C12H15N5O/c1-8-3-4-11(9(2)15-8)17-7-10(5-12(17)18)6-14-16-13/h3-4,10H,5-7H2,1-2H3. The van der Waals surface area contributed by atoms with Gasteiger partial charge in [0.15, 0.2) is 0 Å². The van der Waals surface area contributed by atoms with Crippen LogP contribution < -0.4 is 4.90 Å². The molecule has 1 aromatic rings. The van der Waals surface area contributed by atoms with E-state index in [1.807, 2.05) is 26.0 Å². The van der Waals surface area contributed by atoms with Gasteiger partial charge in [-0.2, -0.15) is 0 Å². The molecule has 0 saturated carbocycles. The monoisotopic (exact) mass is 245 g/mol. The fourth-order valence-corrected chi connectivity index (χ4v) is 2.25. The van der Waals surface area contributed by atoms with Gasteiger partial charge in [0.1, 0.15) is 0 Å². The highest BCUT2D eigenvalue weighted by molar-refractivity contribution is 5.96. The van der Waals surface area contributed by atoms with Crippen molar-refractivity contribution in [1.29, 1.82) is 0 Å². The van der Waals surface area contributed by atoms with Gasteiger partial charge in [0.25, 0.3) is 0 Å². The molecule has 2 rings (SSSR count). The number of anilines is 1. The second-order valence-electron chi connectivity index (χ2n) is 4.55. The molecule has 1 aromatic heterocycles. The van der Waals surface area contributed by atoms with Gasteiger partial charge in [0.2, 0.25) is 5.91 Å². The lowest BCUT2D eigenvalue weighted by Gasteiger charge is -2.18. The Hall–Kier alpha value is -2.07. The Labute approximate surface area is 105 Å². The largest absolute Gasteiger partial charge is 0.310 e. The summed E-state index contributed by atoms with van der Waals surface area (Å²) in [5.74, 6) is 0.177. The van der Waals surface area contributed by atoms with Crippen LogP contribution in [0.5, 0.6) is 0 Å². The Morgan fingerprint density at radius 2 is 2.33 bits per heavy atom. The van der Waals surface area contributed by atoms with Crippen LogP contribution in [-0.4, -0.2) is 24.0 Å². The van der Waals surface area contributed by atoms with Crippen LogP contribution >= 0.6 is 0 Å². The SMILES string of the molecule is Cc1ccc(N2CC(CN=[N+]=[N-])CC2=O)c(C)n1. The summed E-state index contributed by atoms with van der Waals surface area (Å²) in [6.45, 7) is 4.80. The summed E-state index contributed by atoms with van der Waals surface area (Å²) >= 11 is 0. The first-order valence-corrected chi connectivity index (χ1v) is 5.87. The zero-order valence-corrected chi connectivity index (χ0v) is 10.5. The van der Waals surface area contributed by atoms with E-state index in [0.29, 0.717) is 19.5 Å². The second-order valence-corrected chi connectivity index (χ2v) is 4.55. The average molecular weight is 245 g/mol. The maximum absolute atomic E-state index is 11.9. The summed E-state index contributed by atoms with van der Waals surface area (Å²) in [6, 6.07) is 3.82. The first-order chi connectivity index (χ1) is 8.61. The molecule has 1 aliphatic rings. The number of carbonyl (C=O) groups excluding carboxylic acids is 1. The number of hydrogen-bond acceptors (Lipinski definition) is 3. The zero-order valence-electron chi connectivity index (χ0n) is 10.5. The molecule has 94 valence electrons. The number of aromatic nitrogens is 1. The summed E-state index contributed by atoms with van der Waals surface area (Å²) in [6.07, 6.45) is 0.437. The zero-order chi connectivity index (χ0) is 13.1. The van der Waals surface area contributed by atoms with Crippen LogP contribution in [-0.2, 0) is 4.79 Å². The molecule has 6 heteroatoms. The van der Waals surface area contributed by atoms with Crippen molar-refractivity contribution in [2.75, 3.05) is 18.0 Å². The summed E-state index contributed by atoms with van der Waals surface area (Å²) in [7, 11) is 0. The average Bonchev–Trinajstić information content (AvgIpc) is 2.68. The minimum atomic E-state index is 0.0712. The first kappa shape index (κ1) is 12.4. The van der Waals surface area contributed by atoms with Crippen LogP contribution in [0.1, 0.15) is 17.8 Å². The minimum Gasteiger partial charge on any atom is -0.310 e. The van der Waals surface area contributed by atoms with Crippen LogP contribution in [0.3, 0.4) is 0 Å². The van der Waals surface area contributed by atoms with Crippen molar-refractivity contribution in [2.45, 2.75) is 20.3 Å². The van der Waals surface area contributed by atoms with Crippen LogP contribution in [0.2, 0.25) is 0 Å². The third kappa shape index (κ3) is 2.43. The summed E-state index contributed by atoms with van der Waals surface area (Å²) in [5.41, 5.74) is 10.9. The molecule has 0 radical (unpaired) electrons. The molecule has 1 fully saturated rings. The van der Waals surface area contributed by atoms with Gasteiger partial charge in [-0.1, -0.05) is 5.11 Å². The molecule has 0 N–H and O–H groups in total. The van der Waals surface area contributed by atoms with E-state index >= 15 is 0 Å². The van der Waals surface area contributed by atoms with E-state index in [-0.39, 0.29) is 11.8 Å². The molecule has 0 spiro atoms. The number of azide groups is 1. The fraction of sp³-hybridized carbons (Fsp3) is 0.500. The van der Waals surface area contributed by atoms with Gasteiger partial charge in [0.05, 0.1) is 11.4 Å².